The Labute approximate surface area is 121 Å². The highest BCUT2D eigenvalue weighted by Gasteiger charge is 2.27. The van der Waals surface area contributed by atoms with E-state index in [-0.39, 0.29) is 11.2 Å². The number of anilines is 1. The molecule has 0 radical (unpaired) electrons. The number of carbonyl (C=O) groups is 1. The fourth-order valence-electron chi connectivity index (χ4n) is 2.12. The van der Waals surface area contributed by atoms with Crippen molar-refractivity contribution in [2.24, 2.45) is 0 Å². The van der Waals surface area contributed by atoms with Crippen LogP contribution in [0.5, 0.6) is 0 Å². The van der Waals surface area contributed by atoms with Crippen LogP contribution in [0, 0.1) is 0 Å². The summed E-state index contributed by atoms with van der Waals surface area (Å²) in [5, 5.41) is 8.02. The summed E-state index contributed by atoms with van der Waals surface area (Å²) in [5.74, 6) is 0.189. The molecule has 1 aliphatic heterocycles. The first-order valence-corrected chi connectivity index (χ1v) is 8.17. The van der Waals surface area contributed by atoms with Gasteiger partial charge in [-0.3, -0.25) is 4.79 Å². The molecule has 1 aliphatic rings. The van der Waals surface area contributed by atoms with Crippen LogP contribution in [0.25, 0.3) is 0 Å². The number of piperazine rings is 1. The number of nitrogen functional groups attached to an aromatic ring is 1. The Morgan fingerprint density at radius 3 is 2.74 bits per heavy atom. The number of carbonyl (C=O) groups excluding carboxylic acids is 1. The van der Waals surface area contributed by atoms with Gasteiger partial charge in [-0.1, -0.05) is 23.1 Å². The molecule has 19 heavy (non-hydrogen) atoms. The quantitative estimate of drug-likeness (QED) is 0.723. The smallest absolute Gasteiger partial charge is 0.236 e. The van der Waals surface area contributed by atoms with Crippen molar-refractivity contribution in [3.63, 3.8) is 0 Å². The van der Waals surface area contributed by atoms with E-state index in [1.807, 2.05) is 11.8 Å². The van der Waals surface area contributed by atoms with Gasteiger partial charge in [0.25, 0.3) is 0 Å². The summed E-state index contributed by atoms with van der Waals surface area (Å²) in [6.45, 7) is 9.04. The van der Waals surface area contributed by atoms with Gasteiger partial charge in [-0.15, -0.1) is 10.2 Å². The molecular formula is C11H20N5OS2+. The van der Waals surface area contributed by atoms with E-state index in [9.17, 15) is 4.79 Å². The Balaban J connectivity index is 1.85. The van der Waals surface area contributed by atoms with Crippen molar-refractivity contribution in [3.8, 4) is 0 Å². The average Bonchev–Trinajstić information content (AvgIpc) is 2.83. The third-order valence-electron chi connectivity index (χ3n) is 3.33. The number of nitrogens with one attached hydrogen (secondary N) is 1. The molecule has 0 saturated carbocycles. The van der Waals surface area contributed by atoms with E-state index in [0.29, 0.717) is 5.13 Å². The first-order chi connectivity index (χ1) is 9.10. The van der Waals surface area contributed by atoms with Crippen LogP contribution in [0.15, 0.2) is 4.34 Å². The molecule has 0 spiro atoms. The Kier molecular flexibility index (Phi) is 5.00. The van der Waals surface area contributed by atoms with Gasteiger partial charge >= 0.3 is 0 Å². The van der Waals surface area contributed by atoms with Crippen molar-refractivity contribution >= 4 is 34.1 Å². The number of aromatic nitrogens is 2. The fraction of sp³-hybridized carbons (Fsp3) is 0.727. The number of hydrogen-bond acceptors (Lipinski definition) is 6. The average molecular weight is 302 g/mol. The lowest BCUT2D eigenvalue weighted by atomic mass is 10.3. The third kappa shape index (κ3) is 3.80. The topological polar surface area (TPSA) is 76.5 Å². The molecule has 2 heterocycles. The van der Waals surface area contributed by atoms with Gasteiger partial charge in [-0.25, -0.2) is 0 Å². The lowest BCUT2D eigenvalue weighted by molar-refractivity contribution is -0.902. The van der Waals surface area contributed by atoms with Crippen molar-refractivity contribution < 1.29 is 9.69 Å². The van der Waals surface area contributed by atoms with Crippen molar-refractivity contribution in [2.45, 2.75) is 23.4 Å². The number of likely N-dealkylation sites (N-methyl/N-ethyl adjacent to an activating group) is 1. The van der Waals surface area contributed by atoms with Crippen LogP contribution < -0.4 is 10.6 Å². The van der Waals surface area contributed by atoms with E-state index >= 15 is 0 Å². The molecule has 1 aromatic rings. The van der Waals surface area contributed by atoms with Crippen LogP contribution in [-0.2, 0) is 4.79 Å². The van der Waals surface area contributed by atoms with Gasteiger partial charge in [0.15, 0.2) is 4.34 Å². The summed E-state index contributed by atoms with van der Waals surface area (Å²) >= 11 is 2.77. The zero-order valence-electron chi connectivity index (χ0n) is 11.3. The SMILES string of the molecule is CC[NH+]1CCN(C(=O)[C@H](C)Sc2nnc(N)s2)CC1. The lowest BCUT2D eigenvalue weighted by Crippen LogP contribution is -3.14. The first-order valence-electron chi connectivity index (χ1n) is 6.48. The van der Waals surface area contributed by atoms with E-state index in [1.165, 1.54) is 23.1 Å². The molecule has 0 bridgehead atoms. The molecule has 1 aromatic heterocycles. The molecule has 1 fully saturated rings. The molecule has 1 atom stereocenters. The maximum absolute atomic E-state index is 12.3. The summed E-state index contributed by atoms with van der Waals surface area (Å²) in [6.07, 6.45) is 0. The molecule has 8 heteroatoms. The van der Waals surface area contributed by atoms with Gasteiger partial charge in [-0.2, -0.15) is 0 Å². The van der Waals surface area contributed by atoms with Crippen LogP contribution in [0.4, 0.5) is 5.13 Å². The van der Waals surface area contributed by atoms with E-state index < -0.39 is 0 Å². The number of amides is 1. The van der Waals surface area contributed by atoms with Gasteiger partial charge in [0, 0.05) is 0 Å². The molecular weight excluding hydrogens is 282 g/mol. The molecule has 106 valence electrons. The summed E-state index contributed by atoms with van der Waals surface area (Å²) in [5.41, 5.74) is 5.54. The number of rotatable bonds is 4. The Morgan fingerprint density at radius 2 is 2.21 bits per heavy atom. The second kappa shape index (κ2) is 6.53. The number of thioether (sulfide) groups is 1. The molecule has 0 aliphatic carbocycles. The molecule has 0 unspecified atom stereocenters. The Morgan fingerprint density at radius 1 is 1.53 bits per heavy atom. The summed E-state index contributed by atoms with van der Waals surface area (Å²) in [4.78, 5) is 15.9. The largest absolute Gasteiger partial charge is 0.374 e. The molecule has 3 N–H and O–H groups in total. The van der Waals surface area contributed by atoms with Gasteiger partial charge in [0.1, 0.15) is 0 Å². The number of nitrogens with two attached hydrogens (primary N) is 1. The Hall–Kier alpha value is -0.860. The molecule has 2 rings (SSSR count). The van der Waals surface area contributed by atoms with E-state index in [1.54, 1.807) is 4.90 Å². The summed E-state index contributed by atoms with van der Waals surface area (Å²) in [6, 6.07) is 0. The van der Waals surface area contributed by atoms with Crippen LogP contribution >= 0.6 is 23.1 Å². The van der Waals surface area contributed by atoms with E-state index in [0.717, 1.165) is 37.1 Å². The van der Waals surface area contributed by atoms with Gasteiger partial charge in [0.2, 0.25) is 11.0 Å². The minimum Gasteiger partial charge on any atom is -0.374 e. The molecule has 1 amide bonds. The highest BCUT2D eigenvalue weighted by atomic mass is 32.2. The van der Waals surface area contributed by atoms with E-state index in [4.69, 9.17) is 5.73 Å². The number of quaternary nitrogens is 1. The first kappa shape index (κ1) is 14.5. The van der Waals surface area contributed by atoms with Crippen LogP contribution in [-0.4, -0.2) is 59.0 Å². The number of hydrogen-bond donors (Lipinski definition) is 2. The number of nitrogens with zero attached hydrogens (tertiary/aromatic N) is 3. The third-order valence-corrected chi connectivity index (χ3v) is 5.25. The highest BCUT2D eigenvalue weighted by molar-refractivity contribution is 8.02. The molecule has 1 saturated heterocycles. The maximum atomic E-state index is 12.3. The van der Waals surface area contributed by atoms with Gasteiger partial charge < -0.3 is 15.5 Å². The summed E-state index contributed by atoms with van der Waals surface area (Å²) in [7, 11) is 0. The predicted molar refractivity (Wildman–Crippen MR) is 77.5 cm³/mol. The second-order valence-electron chi connectivity index (χ2n) is 4.60. The molecule has 6 nitrogen and oxygen atoms in total. The zero-order valence-corrected chi connectivity index (χ0v) is 12.9. The molecule has 0 aromatic carbocycles. The van der Waals surface area contributed by atoms with Crippen LogP contribution in [0.1, 0.15) is 13.8 Å². The van der Waals surface area contributed by atoms with Crippen molar-refractivity contribution in [1.82, 2.24) is 15.1 Å². The minimum atomic E-state index is -0.129. The maximum Gasteiger partial charge on any atom is 0.236 e. The second-order valence-corrected chi connectivity index (χ2v) is 7.19. The predicted octanol–water partition coefficient (Wildman–Crippen LogP) is -0.652. The zero-order chi connectivity index (χ0) is 13.8. The van der Waals surface area contributed by atoms with Crippen molar-refractivity contribution in [1.29, 1.82) is 0 Å². The summed E-state index contributed by atoms with van der Waals surface area (Å²) < 4.78 is 0.760. The Bertz CT molecular complexity index is 430. The van der Waals surface area contributed by atoms with E-state index in [2.05, 4.69) is 17.1 Å². The monoisotopic (exact) mass is 302 g/mol. The lowest BCUT2D eigenvalue weighted by Gasteiger charge is -2.32. The van der Waals surface area contributed by atoms with Crippen molar-refractivity contribution in [3.05, 3.63) is 0 Å². The standard InChI is InChI=1S/C11H19N5OS2/c1-3-15-4-6-16(7-5-15)9(17)8(2)18-11-14-13-10(12)19-11/h8H,3-7H2,1-2H3,(H2,12,13)/p+1/t8-/m0/s1. The van der Waals surface area contributed by atoms with Crippen LogP contribution in [0.2, 0.25) is 0 Å². The van der Waals surface area contributed by atoms with Crippen molar-refractivity contribution in [2.75, 3.05) is 38.5 Å². The minimum absolute atomic E-state index is 0.129. The highest BCUT2D eigenvalue weighted by Crippen LogP contribution is 2.28. The van der Waals surface area contributed by atoms with Gasteiger partial charge in [-0.05, 0) is 13.8 Å². The normalized spacial score (nSPS) is 18.5. The van der Waals surface area contributed by atoms with Gasteiger partial charge in [0.05, 0.1) is 38.0 Å². The van der Waals surface area contributed by atoms with Crippen LogP contribution in [0.3, 0.4) is 0 Å². The fourth-order valence-corrected chi connectivity index (χ4v) is 3.99.